The fourth-order valence-corrected chi connectivity index (χ4v) is 2.78. The highest BCUT2D eigenvalue weighted by atomic mass is 16.5. The zero-order valence-corrected chi connectivity index (χ0v) is 11.5. The highest BCUT2D eigenvalue weighted by Crippen LogP contribution is 2.31. The van der Waals surface area contributed by atoms with Gasteiger partial charge in [0.1, 0.15) is 0 Å². The molecule has 16 heavy (non-hydrogen) atoms. The van der Waals surface area contributed by atoms with E-state index in [4.69, 9.17) is 4.74 Å². The number of ether oxygens (including phenoxy) is 1. The molecule has 1 saturated heterocycles. The summed E-state index contributed by atoms with van der Waals surface area (Å²) in [7, 11) is 0. The SMILES string of the molecule is CCNC(C)CC(C)(C)CCC1CCCO1. The standard InChI is InChI=1S/C14H29NO/c1-5-15-12(2)11-14(3,4)9-8-13-7-6-10-16-13/h12-13,15H,5-11H2,1-4H3. The summed E-state index contributed by atoms with van der Waals surface area (Å²) in [6.07, 6.45) is 6.87. The molecule has 1 rings (SSSR count). The predicted octanol–water partition coefficient (Wildman–Crippen LogP) is 3.36. The summed E-state index contributed by atoms with van der Waals surface area (Å²) < 4.78 is 5.69. The van der Waals surface area contributed by atoms with Crippen LogP contribution in [0.1, 0.15) is 59.8 Å². The first-order valence-electron chi connectivity index (χ1n) is 6.88. The summed E-state index contributed by atoms with van der Waals surface area (Å²) >= 11 is 0. The Morgan fingerprint density at radius 1 is 1.44 bits per heavy atom. The molecule has 0 aromatic rings. The fourth-order valence-electron chi connectivity index (χ4n) is 2.78. The largest absolute Gasteiger partial charge is 0.378 e. The van der Waals surface area contributed by atoms with Crippen molar-refractivity contribution in [1.82, 2.24) is 5.32 Å². The maximum absolute atomic E-state index is 5.69. The maximum Gasteiger partial charge on any atom is 0.0576 e. The third-order valence-corrected chi connectivity index (χ3v) is 3.58. The smallest absolute Gasteiger partial charge is 0.0576 e. The van der Waals surface area contributed by atoms with Crippen molar-refractivity contribution >= 4 is 0 Å². The molecule has 0 aliphatic carbocycles. The van der Waals surface area contributed by atoms with Gasteiger partial charge in [0, 0.05) is 12.6 Å². The molecule has 0 aromatic heterocycles. The van der Waals surface area contributed by atoms with Gasteiger partial charge in [0.05, 0.1) is 6.10 Å². The monoisotopic (exact) mass is 227 g/mol. The lowest BCUT2D eigenvalue weighted by molar-refractivity contribution is 0.0892. The van der Waals surface area contributed by atoms with E-state index in [0.717, 1.165) is 13.2 Å². The fraction of sp³-hybridized carbons (Fsp3) is 1.00. The normalized spacial score (nSPS) is 23.6. The highest BCUT2D eigenvalue weighted by Gasteiger charge is 2.24. The van der Waals surface area contributed by atoms with Gasteiger partial charge in [-0.25, -0.2) is 0 Å². The van der Waals surface area contributed by atoms with E-state index in [2.05, 4.69) is 33.0 Å². The predicted molar refractivity (Wildman–Crippen MR) is 69.7 cm³/mol. The summed E-state index contributed by atoms with van der Waals surface area (Å²) in [4.78, 5) is 0. The van der Waals surface area contributed by atoms with Gasteiger partial charge in [-0.2, -0.15) is 0 Å². The number of rotatable bonds is 7. The Hall–Kier alpha value is -0.0800. The third-order valence-electron chi connectivity index (χ3n) is 3.58. The van der Waals surface area contributed by atoms with Crippen molar-refractivity contribution in [2.45, 2.75) is 71.9 Å². The van der Waals surface area contributed by atoms with E-state index < -0.39 is 0 Å². The van der Waals surface area contributed by atoms with E-state index in [0.29, 0.717) is 17.6 Å². The quantitative estimate of drug-likeness (QED) is 0.720. The summed E-state index contributed by atoms with van der Waals surface area (Å²) in [5, 5.41) is 3.50. The zero-order chi connectivity index (χ0) is 12.0. The zero-order valence-electron chi connectivity index (χ0n) is 11.5. The first-order valence-corrected chi connectivity index (χ1v) is 6.88. The van der Waals surface area contributed by atoms with E-state index >= 15 is 0 Å². The van der Waals surface area contributed by atoms with E-state index in [9.17, 15) is 0 Å². The lowest BCUT2D eigenvalue weighted by atomic mass is 9.81. The van der Waals surface area contributed by atoms with E-state index in [1.54, 1.807) is 0 Å². The second kappa shape index (κ2) is 6.61. The molecule has 0 amide bonds. The van der Waals surface area contributed by atoms with Crippen molar-refractivity contribution in [3.8, 4) is 0 Å². The Bertz CT molecular complexity index is 185. The molecule has 1 heterocycles. The molecule has 1 fully saturated rings. The first-order chi connectivity index (χ1) is 7.53. The number of nitrogens with one attached hydrogen (secondary N) is 1. The summed E-state index contributed by atoms with van der Waals surface area (Å²) in [6, 6.07) is 0.629. The minimum Gasteiger partial charge on any atom is -0.378 e. The first kappa shape index (κ1) is 14.0. The Morgan fingerprint density at radius 3 is 2.75 bits per heavy atom. The molecule has 0 saturated carbocycles. The van der Waals surface area contributed by atoms with Crippen LogP contribution in [0, 0.1) is 5.41 Å². The van der Waals surface area contributed by atoms with Gasteiger partial charge in [0.15, 0.2) is 0 Å². The molecule has 1 N–H and O–H groups in total. The van der Waals surface area contributed by atoms with Crippen LogP contribution in [-0.4, -0.2) is 25.3 Å². The lowest BCUT2D eigenvalue weighted by Gasteiger charge is -2.29. The highest BCUT2D eigenvalue weighted by molar-refractivity contribution is 4.77. The molecular weight excluding hydrogens is 198 g/mol. The van der Waals surface area contributed by atoms with E-state index in [-0.39, 0.29) is 0 Å². The topological polar surface area (TPSA) is 21.3 Å². The molecule has 0 aromatic carbocycles. The number of hydrogen-bond donors (Lipinski definition) is 1. The van der Waals surface area contributed by atoms with Gasteiger partial charge < -0.3 is 10.1 Å². The average Bonchev–Trinajstić information content (AvgIpc) is 2.66. The van der Waals surface area contributed by atoms with Crippen LogP contribution in [-0.2, 0) is 4.74 Å². The van der Waals surface area contributed by atoms with E-state index in [1.807, 2.05) is 0 Å². The molecule has 2 unspecified atom stereocenters. The van der Waals surface area contributed by atoms with Crippen LogP contribution < -0.4 is 5.32 Å². The van der Waals surface area contributed by atoms with Gasteiger partial charge in [-0.3, -0.25) is 0 Å². The van der Waals surface area contributed by atoms with Crippen LogP contribution >= 0.6 is 0 Å². The summed E-state index contributed by atoms with van der Waals surface area (Å²) in [5.74, 6) is 0. The van der Waals surface area contributed by atoms with Crippen molar-refractivity contribution in [1.29, 1.82) is 0 Å². The molecule has 2 heteroatoms. The van der Waals surface area contributed by atoms with Gasteiger partial charge in [0.25, 0.3) is 0 Å². The van der Waals surface area contributed by atoms with Crippen LogP contribution in [0.3, 0.4) is 0 Å². The molecule has 96 valence electrons. The second-order valence-electron chi connectivity index (χ2n) is 6.00. The minimum atomic E-state index is 0.438. The van der Waals surface area contributed by atoms with Crippen molar-refractivity contribution in [3.05, 3.63) is 0 Å². The molecular formula is C14H29NO. The van der Waals surface area contributed by atoms with E-state index in [1.165, 1.54) is 32.1 Å². The van der Waals surface area contributed by atoms with Crippen LogP contribution in [0.2, 0.25) is 0 Å². The molecule has 2 atom stereocenters. The Morgan fingerprint density at radius 2 is 2.19 bits per heavy atom. The van der Waals surface area contributed by atoms with Crippen LogP contribution in [0.25, 0.3) is 0 Å². The van der Waals surface area contributed by atoms with Crippen molar-refractivity contribution in [3.63, 3.8) is 0 Å². The van der Waals surface area contributed by atoms with Gasteiger partial charge in [-0.15, -0.1) is 0 Å². The van der Waals surface area contributed by atoms with Crippen molar-refractivity contribution < 1.29 is 4.74 Å². The van der Waals surface area contributed by atoms with Crippen molar-refractivity contribution in [2.24, 2.45) is 5.41 Å². The Balaban J connectivity index is 2.21. The van der Waals surface area contributed by atoms with Crippen molar-refractivity contribution in [2.75, 3.05) is 13.2 Å². The molecule has 1 aliphatic heterocycles. The van der Waals surface area contributed by atoms with Gasteiger partial charge >= 0.3 is 0 Å². The lowest BCUT2D eigenvalue weighted by Crippen LogP contribution is -2.31. The molecule has 2 nitrogen and oxygen atoms in total. The molecule has 0 radical (unpaired) electrons. The summed E-state index contributed by atoms with van der Waals surface area (Å²) in [6.45, 7) is 11.3. The number of hydrogen-bond acceptors (Lipinski definition) is 2. The van der Waals surface area contributed by atoms with Gasteiger partial charge in [-0.1, -0.05) is 20.8 Å². The van der Waals surface area contributed by atoms with Crippen LogP contribution in [0.15, 0.2) is 0 Å². The van der Waals surface area contributed by atoms with Crippen LogP contribution in [0.5, 0.6) is 0 Å². The third kappa shape index (κ3) is 5.31. The molecule has 1 aliphatic rings. The Labute approximate surface area is 101 Å². The summed E-state index contributed by atoms with van der Waals surface area (Å²) in [5.41, 5.74) is 0.438. The van der Waals surface area contributed by atoms with Gasteiger partial charge in [0.2, 0.25) is 0 Å². The maximum atomic E-state index is 5.69. The van der Waals surface area contributed by atoms with Crippen LogP contribution in [0.4, 0.5) is 0 Å². The Kier molecular flexibility index (Phi) is 5.77. The average molecular weight is 227 g/mol. The minimum absolute atomic E-state index is 0.438. The second-order valence-corrected chi connectivity index (χ2v) is 6.00. The van der Waals surface area contributed by atoms with Gasteiger partial charge in [-0.05, 0) is 51.0 Å². The molecule has 0 bridgehead atoms. The molecule has 0 spiro atoms.